The summed E-state index contributed by atoms with van der Waals surface area (Å²) >= 11 is 0. The van der Waals surface area contributed by atoms with E-state index in [2.05, 4.69) is 5.32 Å². The molecule has 0 aromatic carbocycles. The van der Waals surface area contributed by atoms with Gasteiger partial charge in [-0.2, -0.15) is 0 Å². The molecule has 1 heterocycles. The number of hydrogen-bond acceptors (Lipinski definition) is 4. The summed E-state index contributed by atoms with van der Waals surface area (Å²) in [4.78, 5) is 11.3. The molecule has 4 nitrogen and oxygen atoms in total. The Kier molecular flexibility index (Phi) is 4.78. The van der Waals surface area contributed by atoms with Crippen molar-refractivity contribution in [2.24, 2.45) is 0 Å². The van der Waals surface area contributed by atoms with E-state index >= 15 is 0 Å². The van der Waals surface area contributed by atoms with E-state index in [1.54, 1.807) is 6.61 Å². The fourth-order valence-corrected chi connectivity index (χ4v) is 1.05. The number of morpholine rings is 1. The molecule has 1 N–H and O–H groups in total. The topological polar surface area (TPSA) is 47.6 Å². The van der Waals surface area contributed by atoms with Crippen molar-refractivity contribution in [3.05, 3.63) is 6.61 Å². The first-order chi connectivity index (χ1) is 6.34. The molecular weight excluding hydrogens is 170 g/mol. The maximum Gasteiger partial charge on any atom is 0.337 e. The van der Waals surface area contributed by atoms with Gasteiger partial charge in [0.05, 0.1) is 6.61 Å². The van der Waals surface area contributed by atoms with Crippen LogP contribution < -0.4 is 5.32 Å². The number of ether oxygens (including phenoxy) is 2. The van der Waals surface area contributed by atoms with E-state index < -0.39 is 6.10 Å². The minimum Gasteiger partial charge on any atom is -0.456 e. The Morgan fingerprint density at radius 1 is 1.77 bits per heavy atom. The Labute approximate surface area is 78.6 Å². The van der Waals surface area contributed by atoms with E-state index in [4.69, 9.17) is 9.47 Å². The molecule has 0 bridgehead atoms. The van der Waals surface area contributed by atoms with Crippen LogP contribution in [0.25, 0.3) is 0 Å². The van der Waals surface area contributed by atoms with Gasteiger partial charge in [-0.1, -0.05) is 13.3 Å². The largest absolute Gasteiger partial charge is 0.456 e. The molecule has 4 heteroatoms. The number of carbonyl (C=O) groups is 1. The fourth-order valence-electron chi connectivity index (χ4n) is 1.05. The van der Waals surface area contributed by atoms with Crippen molar-refractivity contribution in [1.82, 2.24) is 5.32 Å². The van der Waals surface area contributed by atoms with Crippen molar-refractivity contribution in [1.29, 1.82) is 0 Å². The average Bonchev–Trinajstić information content (AvgIpc) is 2.19. The van der Waals surface area contributed by atoms with Crippen molar-refractivity contribution in [3.8, 4) is 0 Å². The molecule has 1 rings (SSSR count). The minimum atomic E-state index is -0.429. The van der Waals surface area contributed by atoms with E-state index in [9.17, 15) is 4.79 Å². The molecular formula is C9H16NO3. The summed E-state index contributed by atoms with van der Waals surface area (Å²) in [5.74, 6) is -0.291. The highest BCUT2D eigenvalue weighted by Gasteiger charge is 2.22. The quantitative estimate of drug-likeness (QED) is 0.512. The molecule has 1 radical (unpaired) electrons. The lowest BCUT2D eigenvalue weighted by molar-refractivity contribution is -0.155. The Bertz CT molecular complexity index is 155. The number of hydrogen-bond donors (Lipinski definition) is 1. The zero-order chi connectivity index (χ0) is 9.52. The van der Waals surface area contributed by atoms with Crippen LogP contribution >= 0.6 is 0 Å². The van der Waals surface area contributed by atoms with Crippen LogP contribution in [-0.2, 0) is 14.3 Å². The molecule has 1 aliphatic rings. The van der Waals surface area contributed by atoms with Crippen molar-refractivity contribution in [3.63, 3.8) is 0 Å². The van der Waals surface area contributed by atoms with Gasteiger partial charge in [0, 0.05) is 13.1 Å². The molecule has 0 saturated carbocycles. The van der Waals surface area contributed by atoms with E-state index in [1.807, 2.05) is 6.92 Å². The van der Waals surface area contributed by atoms with Gasteiger partial charge in [0.25, 0.3) is 0 Å². The number of rotatable bonds is 4. The summed E-state index contributed by atoms with van der Waals surface area (Å²) in [7, 11) is 0. The SMILES string of the molecule is CCC[CH]OC(=O)C1CNCCO1. The van der Waals surface area contributed by atoms with Gasteiger partial charge in [-0.15, -0.1) is 0 Å². The first-order valence-corrected chi connectivity index (χ1v) is 4.69. The predicted octanol–water partition coefficient (Wildman–Crippen LogP) is 0.480. The minimum absolute atomic E-state index is 0.291. The molecule has 0 spiro atoms. The third-order valence-electron chi connectivity index (χ3n) is 1.80. The Morgan fingerprint density at radius 2 is 2.62 bits per heavy atom. The summed E-state index contributed by atoms with van der Waals surface area (Å²) in [6.07, 6.45) is 1.35. The van der Waals surface area contributed by atoms with Crippen LogP contribution in [0.2, 0.25) is 0 Å². The van der Waals surface area contributed by atoms with Crippen molar-refractivity contribution in [2.45, 2.75) is 25.9 Å². The lowest BCUT2D eigenvalue weighted by atomic mass is 10.3. The molecule has 0 aromatic rings. The van der Waals surface area contributed by atoms with Crippen LogP contribution in [0, 0.1) is 6.61 Å². The van der Waals surface area contributed by atoms with E-state index in [1.165, 1.54) is 0 Å². The van der Waals surface area contributed by atoms with Crippen LogP contribution in [0.5, 0.6) is 0 Å². The van der Waals surface area contributed by atoms with Gasteiger partial charge in [-0.05, 0) is 6.42 Å². The maximum atomic E-state index is 11.3. The highest BCUT2D eigenvalue weighted by Crippen LogP contribution is 2.02. The molecule has 0 amide bonds. The van der Waals surface area contributed by atoms with Gasteiger partial charge in [-0.25, -0.2) is 4.79 Å². The molecule has 1 fully saturated rings. The second-order valence-corrected chi connectivity index (χ2v) is 2.96. The monoisotopic (exact) mass is 186 g/mol. The normalized spacial score (nSPS) is 22.7. The maximum absolute atomic E-state index is 11.3. The predicted molar refractivity (Wildman–Crippen MR) is 47.9 cm³/mol. The summed E-state index contributed by atoms with van der Waals surface area (Å²) in [5, 5.41) is 3.07. The van der Waals surface area contributed by atoms with E-state index in [0.29, 0.717) is 13.2 Å². The van der Waals surface area contributed by atoms with Crippen LogP contribution in [-0.4, -0.2) is 31.8 Å². The molecule has 75 valence electrons. The van der Waals surface area contributed by atoms with Crippen LogP contribution in [0.15, 0.2) is 0 Å². The van der Waals surface area contributed by atoms with E-state index in [0.717, 1.165) is 19.4 Å². The highest BCUT2D eigenvalue weighted by molar-refractivity contribution is 5.75. The van der Waals surface area contributed by atoms with Crippen molar-refractivity contribution in [2.75, 3.05) is 19.7 Å². The Hall–Kier alpha value is -0.610. The zero-order valence-electron chi connectivity index (χ0n) is 7.91. The average molecular weight is 186 g/mol. The number of unbranched alkanes of at least 4 members (excludes halogenated alkanes) is 1. The van der Waals surface area contributed by atoms with Gasteiger partial charge in [0.1, 0.15) is 6.61 Å². The lowest BCUT2D eigenvalue weighted by Gasteiger charge is -2.21. The lowest BCUT2D eigenvalue weighted by Crippen LogP contribution is -2.43. The van der Waals surface area contributed by atoms with Crippen LogP contribution in [0.1, 0.15) is 19.8 Å². The Morgan fingerprint density at radius 3 is 3.23 bits per heavy atom. The van der Waals surface area contributed by atoms with Gasteiger partial charge in [-0.3, -0.25) is 0 Å². The molecule has 1 saturated heterocycles. The number of esters is 1. The standard InChI is InChI=1S/C9H16NO3/c1-2-3-5-13-9(11)8-7-10-4-6-12-8/h5,8,10H,2-4,6-7H2,1H3. The second kappa shape index (κ2) is 5.94. The molecule has 0 aliphatic carbocycles. The van der Waals surface area contributed by atoms with E-state index in [-0.39, 0.29) is 5.97 Å². The first-order valence-electron chi connectivity index (χ1n) is 4.69. The summed E-state index contributed by atoms with van der Waals surface area (Å²) in [6.45, 7) is 5.51. The van der Waals surface area contributed by atoms with Crippen LogP contribution in [0.3, 0.4) is 0 Å². The Balaban J connectivity index is 2.13. The first kappa shape index (κ1) is 10.5. The smallest absolute Gasteiger partial charge is 0.337 e. The summed E-state index contributed by atoms with van der Waals surface area (Å²) in [5.41, 5.74) is 0. The van der Waals surface area contributed by atoms with Crippen molar-refractivity contribution < 1.29 is 14.3 Å². The van der Waals surface area contributed by atoms with Gasteiger partial charge >= 0.3 is 5.97 Å². The number of nitrogens with one attached hydrogen (secondary N) is 1. The van der Waals surface area contributed by atoms with Crippen molar-refractivity contribution >= 4 is 5.97 Å². The molecule has 13 heavy (non-hydrogen) atoms. The molecule has 0 aromatic heterocycles. The number of carbonyl (C=O) groups excluding carboxylic acids is 1. The molecule has 1 atom stereocenters. The highest BCUT2D eigenvalue weighted by atomic mass is 16.6. The van der Waals surface area contributed by atoms with Gasteiger partial charge in [0.15, 0.2) is 6.10 Å². The second-order valence-electron chi connectivity index (χ2n) is 2.96. The zero-order valence-corrected chi connectivity index (χ0v) is 7.91. The van der Waals surface area contributed by atoms with Gasteiger partial charge in [0.2, 0.25) is 0 Å². The summed E-state index contributed by atoms with van der Waals surface area (Å²) < 4.78 is 10.1. The molecule has 1 aliphatic heterocycles. The third kappa shape index (κ3) is 3.74. The fraction of sp³-hybridized carbons (Fsp3) is 0.778. The van der Waals surface area contributed by atoms with Crippen LogP contribution in [0.4, 0.5) is 0 Å². The third-order valence-corrected chi connectivity index (χ3v) is 1.80. The molecule has 1 unspecified atom stereocenters. The summed E-state index contributed by atoms with van der Waals surface area (Å²) in [6, 6.07) is 0. The van der Waals surface area contributed by atoms with Gasteiger partial charge < -0.3 is 14.8 Å².